The highest BCUT2D eigenvalue weighted by molar-refractivity contribution is 7.91. The lowest BCUT2D eigenvalue weighted by molar-refractivity contribution is 0.0249. The van der Waals surface area contributed by atoms with E-state index < -0.39 is 9.84 Å². The van der Waals surface area contributed by atoms with Gasteiger partial charge in [-0.2, -0.15) is 0 Å². The van der Waals surface area contributed by atoms with E-state index in [1.165, 1.54) is 0 Å². The molecule has 140 valence electrons. The molecule has 0 saturated carbocycles. The molecule has 2 fully saturated rings. The minimum Gasteiger partial charge on any atom is -0.494 e. The van der Waals surface area contributed by atoms with Crippen LogP contribution < -0.4 is 4.74 Å². The van der Waals surface area contributed by atoms with Gasteiger partial charge < -0.3 is 9.47 Å². The van der Waals surface area contributed by atoms with Gasteiger partial charge in [0.05, 0.1) is 24.7 Å². The van der Waals surface area contributed by atoms with Gasteiger partial charge >= 0.3 is 0 Å². The quantitative estimate of drug-likeness (QED) is 0.716. The molecule has 7 heteroatoms. The van der Waals surface area contributed by atoms with Crippen molar-refractivity contribution >= 4 is 9.84 Å². The number of hydrogen-bond acceptors (Lipinski definition) is 6. The van der Waals surface area contributed by atoms with E-state index in [2.05, 4.69) is 15.9 Å². The molecule has 1 aromatic rings. The van der Waals surface area contributed by atoms with E-state index in [4.69, 9.17) is 9.47 Å². The maximum absolute atomic E-state index is 12.3. The van der Waals surface area contributed by atoms with Crippen LogP contribution >= 0.6 is 0 Å². The Bertz CT molecular complexity index is 679. The zero-order valence-corrected chi connectivity index (χ0v) is 15.9. The second-order valence-electron chi connectivity index (χ2n) is 6.75. The zero-order valence-electron chi connectivity index (χ0n) is 15.1. The molecule has 0 aliphatic carbocycles. The van der Waals surface area contributed by atoms with Gasteiger partial charge in [0.25, 0.3) is 0 Å². The van der Waals surface area contributed by atoms with Gasteiger partial charge in [-0.15, -0.1) is 0 Å². The molecular formula is C18H28N2O4S. The van der Waals surface area contributed by atoms with Gasteiger partial charge in [-0.25, -0.2) is 8.42 Å². The topological polar surface area (TPSA) is 59.1 Å². The van der Waals surface area contributed by atoms with Gasteiger partial charge in [-0.05, 0) is 13.0 Å². The number of rotatable bonds is 7. The van der Waals surface area contributed by atoms with Crippen LogP contribution in [0.15, 0.2) is 24.3 Å². The van der Waals surface area contributed by atoms with Crippen molar-refractivity contribution in [2.24, 2.45) is 0 Å². The summed E-state index contributed by atoms with van der Waals surface area (Å²) >= 11 is 0. The Morgan fingerprint density at radius 2 is 1.80 bits per heavy atom. The van der Waals surface area contributed by atoms with Crippen molar-refractivity contribution in [1.82, 2.24) is 9.80 Å². The van der Waals surface area contributed by atoms with Crippen LogP contribution in [0, 0.1) is 0 Å². The lowest BCUT2D eigenvalue weighted by Crippen LogP contribution is -2.59. The highest BCUT2D eigenvalue weighted by Gasteiger charge is 2.46. The van der Waals surface area contributed by atoms with Crippen molar-refractivity contribution in [3.63, 3.8) is 0 Å². The predicted molar refractivity (Wildman–Crippen MR) is 97.7 cm³/mol. The summed E-state index contributed by atoms with van der Waals surface area (Å²) in [5, 5.41) is 0. The minimum atomic E-state index is -2.99. The zero-order chi connectivity index (χ0) is 17.9. The van der Waals surface area contributed by atoms with Crippen molar-refractivity contribution in [2.45, 2.75) is 25.6 Å². The first-order valence-electron chi connectivity index (χ1n) is 8.92. The van der Waals surface area contributed by atoms with Crippen LogP contribution in [0.3, 0.4) is 0 Å². The average molecular weight is 368 g/mol. The molecule has 2 heterocycles. The third kappa shape index (κ3) is 4.34. The molecule has 6 nitrogen and oxygen atoms in total. The van der Waals surface area contributed by atoms with Gasteiger partial charge in [0, 0.05) is 50.9 Å². The summed E-state index contributed by atoms with van der Waals surface area (Å²) in [4.78, 5) is 4.60. The summed E-state index contributed by atoms with van der Waals surface area (Å²) in [6.45, 7) is 6.49. The SMILES string of the molecule is CCOc1ccccc1CN1CCN(CCOC)[C@@H]2CS(=O)(=O)C[C@@H]21. The van der Waals surface area contributed by atoms with E-state index in [9.17, 15) is 8.42 Å². The Kier molecular flexibility index (Phi) is 5.99. The monoisotopic (exact) mass is 368 g/mol. The van der Waals surface area contributed by atoms with Gasteiger partial charge in [-0.1, -0.05) is 18.2 Å². The van der Waals surface area contributed by atoms with Crippen molar-refractivity contribution in [3.8, 4) is 5.75 Å². The first-order chi connectivity index (χ1) is 12.0. The van der Waals surface area contributed by atoms with Crippen molar-refractivity contribution in [2.75, 3.05) is 51.5 Å². The molecule has 2 atom stereocenters. The molecule has 0 amide bonds. The molecule has 0 spiro atoms. The van der Waals surface area contributed by atoms with Crippen molar-refractivity contribution in [1.29, 1.82) is 0 Å². The van der Waals surface area contributed by atoms with E-state index in [1.54, 1.807) is 7.11 Å². The third-order valence-electron chi connectivity index (χ3n) is 5.13. The van der Waals surface area contributed by atoms with Crippen LogP contribution in [-0.2, 0) is 21.1 Å². The summed E-state index contributed by atoms with van der Waals surface area (Å²) in [5.74, 6) is 1.40. The normalized spacial score (nSPS) is 26.5. The largest absolute Gasteiger partial charge is 0.494 e. The van der Waals surface area contributed by atoms with Crippen molar-refractivity contribution < 1.29 is 17.9 Å². The lowest BCUT2D eigenvalue weighted by atomic mass is 10.0. The molecule has 0 unspecified atom stereocenters. The molecule has 0 N–H and O–H groups in total. The van der Waals surface area contributed by atoms with Gasteiger partial charge in [0.1, 0.15) is 5.75 Å². The molecule has 0 bridgehead atoms. The first kappa shape index (κ1) is 18.6. The predicted octanol–water partition coefficient (Wildman–Crippen LogP) is 1.01. The lowest BCUT2D eigenvalue weighted by Gasteiger charge is -2.44. The summed E-state index contributed by atoms with van der Waals surface area (Å²) in [6.07, 6.45) is 0. The molecular weight excluding hydrogens is 340 g/mol. The third-order valence-corrected chi connectivity index (χ3v) is 6.83. The van der Waals surface area contributed by atoms with Crippen molar-refractivity contribution in [3.05, 3.63) is 29.8 Å². The van der Waals surface area contributed by atoms with Crippen LogP contribution in [0.2, 0.25) is 0 Å². The van der Waals surface area contributed by atoms with E-state index in [0.717, 1.165) is 37.5 Å². The Morgan fingerprint density at radius 1 is 1.12 bits per heavy atom. The smallest absolute Gasteiger partial charge is 0.153 e. The maximum atomic E-state index is 12.3. The molecule has 2 aliphatic heterocycles. The Hall–Kier alpha value is -1.15. The fraction of sp³-hybridized carbons (Fsp3) is 0.667. The molecule has 0 radical (unpaired) electrons. The van der Waals surface area contributed by atoms with Crippen LogP contribution in [-0.4, -0.2) is 81.8 Å². The molecule has 1 aromatic carbocycles. The number of sulfone groups is 1. The second-order valence-corrected chi connectivity index (χ2v) is 8.91. The molecule has 25 heavy (non-hydrogen) atoms. The molecule has 3 rings (SSSR count). The average Bonchev–Trinajstić information content (AvgIpc) is 2.92. The highest BCUT2D eigenvalue weighted by Crippen LogP contribution is 2.29. The number of fused-ring (bicyclic) bond motifs is 1. The van der Waals surface area contributed by atoms with Crippen LogP contribution in [0.25, 0.3) is 0 Å². The maximum Gasteiger partial charge on any atom is 0.153 e. The number of nitrogens with zero attached hydrogens (tertiary/aromatic N) is 2. The number of ether oxygens (including phenoxy) is 2. The summed E-state index contributed by atoms with van der Waals surface area (Å²) in [7, 11) is -1.30. The second kappa shape index (κ2) is 8.03. The van der Waals surface area contributed by atoms with E-state index in [1.807, 2.05) is 25.1 Å². The Labute approximate surface area is 150 Å². The van der Waals surface area contributed by atoms with E-state index in [0.29, 0.717) is 13.2 Å². The molecule has 0 aromatic heterocycles. The van der Waals surface area contributed by atoms with Gasteiger partial charge in [0.15, 0.2) is 9.84 Å². The fourth-order valence-electron chi connectivity index (χ4n) is 3.93. The van der Waals surface area contributed by atoms with E-state index in [-0.39, 0.29) is 23.6 Å². The van der Waals surface area contributed by atoms with Crippen LogP contribution in [0.1, 0.15) is 12.5 Å². The number of piperazine rings is 1. The Morgan fingerprint density at radius 3 is 2.52 bits per heavy atom. The van der Waals surface area contributed by atoms with E-state index >= 15 is 0 Å². The molecule has 2 saturated heterocycles. The summed E-state index contributed by atoms with van der Waals surface area (Å²) in [6, 6.07) is 8.14. The minimum absolute atomic E-state index is 0.0466. The summed E-state index contributed by atoms with van der Waals surface area (Å²) < 4.78 is 35.5. The standard InChI is InChI=1S/C18H28N2O4S/c1-3-24-18-7-5-4-6-15(18)12-20-9-8-19(10-11-23-2)16-13-25(21,22)14-17(16)20/h4-7,16-17H,3,8-14H2,1-2H3/t16-,17+/m1/s1. The number of methoxy groups -OCH3 is 1. The number of hydrogen-bond donors (Lipinski definition) is 0. The fourth-order valence-corrected chi connectivity index (χ4v) is 5.97. The number of para-hydroxylation sites is 1. The summed E-state index contributed by atoms with van der Waals surface area (Å²) in [5.41, 5.74) is 1.12. The van der Waals surface area contributed by atoms with Crippen LogP contribution in [0.5, 0.6) is 5.75 Å². The van der Waals surface area contributed by atoms with Crippen LogP contribution in [0.4, 0.5) is 0 Å². The van der Waals surface area contributed by atoms with Gasteiger partial charge in [0.2, 0.25) is 0 Å². The number of benzene rings is 1. The molecule has 2 aliphatic rings. The first-order valence-corrected chi connectivity index (χ1v) is 10.7. The van der Waals surface area contributed by atoms with Gasteiger partial charge in [-0.3, -0.25) is 9.80 Å². The highest BCUT2D eigenvalue weighted by atomic mass is 32.2. The Balaban J connectivity index is 1.77.